The highest BCUT2D eigenvalue weighted by molar-refractivity contribution is 7.09. The Labute approximate surface area is 197 Å². The van der Waals surface area contributed by atoms with Crippen molar-refractivity contribution in [2.24, 2.45) is 0 Å². The van der Waals surface area contributed by atoms with Crippen molar-refractivity contribution in [3.63, 3.8) is 0 Å². The fourth-order valence-corrected chi connectivity index (χ4v) is 5.00. The van der Waals surface area contributed by atoms with Gasteiger partial charge in [-0.25, -0.2) is 9.97 Å². The lowest BCUT2D eigenvalue weighted by Crippen LogP contribution is -2.46. The van der Waals surface area contributed by atoms with Crippen molar-refractivity contribution in [1.82, 2.24) is 14.3 Å². The highest BCUT2D eigenvalue weighted by Crippen LogP contribution is 2.32. The predicted octanol–water partition coefficient (Wildman–Crippen LogP) is 4.55. The molecule has 2 aliphatic heterocycles. The van der Waals surface area contributed by atoms with Gasteiger partial charge in [-0.1, -0.05) is 29.8 Å². The Kier molecular flexibility index (Phi) is 6.83. The van der Waals surface area contributed by atoms with Gasteiger partial charge in [-0.15, -0.1) is 0 Å². The van der Waals surface area contributed by atoms with Crippen LogP contribution in [0.4, 0.5) is 10.9 Å². The molecule has 4 heterocycles. The van der Waals surface area contributed by atoms with Gasteiger partial charge >= 0.3 is 0 Å². The third-order valence-electron chi connectivity index (χ3n) is 5.77. The van der Waals surface area contributed by atoms with Crippen LogP contribution in [0.15, 0.2) is 48.7 Å². The maximum Gasteiger partial charge on any atom is 0.205 e. The zero-order chi connectivity index (χ0) is 21.8. The Morgan fingerprint density at radius 3 is 2.69 bits per heavy atom. The highest BCUT2D eigenvalue weighted by Gasteiger charge is 2.28. The Morgan fingerprint density at radius 2 is 1.94 bits per heavy atom. The Hall–Kier alpha value is -2.26. The summed E-state index contributed by atoms with van der Waals surface area (Å²) in [5.74, 6) is 1.68. The van der Waals surface area contributed by atoms with Crippen LogP contribution in [0.5, 0.6) is 0 Å². The van der Waals surface area contributed by atoms with Crippen LogP contribution in [0, 0.1) is 0 Å². The Bertz CT molecular complexity index is 1010. The molecule has 0 bridgehead atoms. The van der Waals surface area contributed by atoms with Crippen LogP contribution in [0.25, 0.3) is 0 Å². The van der Waals surface area contributed by atoms with Gasteiger partial charge < -0.3 is 19.3 Å². The normalized spacial score (nSPS) is 20.3. The van der Waals surface area contributed by atoms with Crippen LogP contribution in [-0.2, 0) is 9.47 Å². The fraction of sp³-hybridized carbons (Fsp3) is 0.435. The largest absolute Gasteiger partial charge is 0.353 e. The maximum absolute atomic E-state index is 6.36. The summed E-state index contributed by atoms with van der Waals surface area (Å²) in [5.41, 5.74) is 0.941. The summed E-state index contributed by atoms with van der Waals surface area (Å²) in [6, 6.07) is 13.7. The first-order chi connectivity index (χ1) is 15.8. The van der Waals surface area contributed by atoms with E-state index in [-0.39, 0.29) is 6.29 Å². The summed E-state index contributed by atoms with van der Waals surface area (Å²) in [5, 5.41) is 1.59. The fourth-order valence-electron chi connectivity index (χ4n) is 4.06. The van der Waals surface area contributed by atoms with Crippen molar-refractivity contribution in [3.05, 3.63) is 65.1 Å². The van der Waals surface area contributed by atoms with E-state index in [9.17, 15) is 0 Å². The van der Waals surface area contributed by atoms with Gasteiger partial charge in [-0.3, -0.25) is 0 Å². The summed E-state index contributed by atoms with van der Waals surface area (Å²) in [6.45, 7) is 4.27. The van der Waals surface area contributed by atoms with E-state index < -0.39 is 6.10 Å². The van der Waals surface area contributed by atoms with Crippen LogP contribution in [0.1, 0.15) is 36.8 Å². The number of halogens is 1. The van der Waals surface area contributed by atoms with Crippen molar-refractivity contribution in [3.8, 4) is 0 Å². The first kappa shape index (κ1) is 21.6. The van der Waals surface area contributed by atoms with Crippen molar-refractivity contribution in [1.29, 1.82) is 0 Å². The van der Waals surface area contributed by atoms with Crippen LogP contribution in [-0.4, -0.2) is 53.4 Å². The summed E-state index contributed by atoms with van der Waals surface area (Å²) in [7, 11) is 0. The molecular weight excluding hydrogens is 446 g/mol. The summed E-state index contributed by atoms with van der Waals surface area (Å²) in [6.07, 6.45) is 4.24. The maximum atomic E-state index is 6.36. The number of nitrogens with zero attached hydrogens (tertiary/aromatic N) is 5. The van der Waals surface area contributed by atoms with Crippen molar-refractivity contribution >= 4 is 34.1 Å². The van der Waals surface area contributed by atoms with Gasteiger partial charge in [0.05, 0.1) is 0 Å². The number of ether oxygens (including phenoxy) is 2. The third-order valence-corrected chi connectivity index (χ3v) is 6.79. The van der Waals surface area contributed by atoms with E-state index in [0.717, 1.165) is 68.6 Å². The lowest BCUT2D eigenvalue weighted by Gasteiger charge is -2.35. The number of aromatic nitrogens is 3. The minimum absolute atomic E-state index is 0.249. The number of piperazine rings is 1. The van der Waals surface area contributed by atoms with E-state index in [0.29, 0.717) is 10.8 Å². The van der Waals surface area contributed by atoms with Gasteiger partial charge in [0.15, 0.2) is 12.1 Å². The molecule has 2 saturated heterocycles. The van der Waals surface area contributed by atoms with Gasteiger partial charge in [0.2, 0.25) is 5.13 Å². The number of pyridine rings is 1. The number of anilines is 2. The molecule has 7 nitrogen and oxygen atoms in total. The molecule has 2 aromatic heterocycles. The molecule has 0 amide bonds. The smallest absolute Gasteiger partial charge is 0.205 e. The number of benzene rings is 1. The van der Waals surface area contributed by atoms with Gasteiger partial charge in [0.1, 0.15) is 11.9 Å². The molecule has 0 aliphatic carbocycles. The molecule has 9 heteroatoms. The molecule has 168 valence electrons. The van der Waals surface area contributed by atoms with Gasteiger partial charge in [0, 0.05) is 55.5 Å². The standard InChI is InChI=1S/C23H26ClN5O2S/c24-18-7-5-6-17(16-18)21(31-20-9-2-4-15-30-20)22-26-23(32-27-22)29-13-11-28(12-14-29)19-8-1-3-10-25-19/h1,3,5-8,10,16,20-21H,2,4,9,11-15H2. The molecular formula is C23H26ClN5O2S. The van der Waals surface area contributed by atoms with Crippen molar-refractivity contribution in [2.75, 3.05) is 42.6 Å². The van der Waals surface area contributed by atoms with Gasteiger partial charge in [0.25, 0.3) is 0 Å². The summed E-state index contributed by atoms with van der Waals surface area (Å²) < 4.78 is 16.9. The molecule has 0 radical (unpaired) electrons. The Balaban J connectivity index is 1.31. The molecule has 1 aromatic carbocycles. The molecule has 2 atom stereocenters. The molecule has 2 aliphatic rings. The molecule has 0 saturated carbocycles. The zero-order valence-electron chi connectivity index (χ0n) is 17.8. The van der Waals surface area contributed by atoms with E-state index >= 15 is 0 Å². The molecule has 0 N–H and O–H groups in total. The predicted molar refractivity (Wildman–Crippen MR) is 127 cm³/mol. The van der Waals surface area contributed by atoms with Crippen molar-refractivity contribution < 1.29 is 9.47 Å². The first-order valence-corrected chi connectivity index (χ1v) is 12.2. The second-order valence-corrected chi connectivity index (χ2v) is 9.13. The Morgan fingerprint density at radius 1 is 1.06 bits per heavy atom. The lowest BCUT2D eigenvalue weighted by molar-refractivity contribution is -0.182. The van der Waals surface area contributed by atoms with E-state index in [4.69, 9.17) is 26.1 Å². The third kappa shape index (κ3) is 5.04. The molecule has 3 aromatic rings. The highest BCUT2D eigenvalue weighted by atomic mass is 35.5. The number of hydrogen-bond donors (Lipinski definition) is 0. The average Bonchev–Trinajstić information content (AvgIpc) is 3.34. The SMILES string of the molecule is Clc1cccc(C(OC2CCCCO2)c2nsc(N3CCN(c4ccccn4)CC3)n2)c1. The monoisotopic (exact) mass is 471 g/mol. The van der Waals surface area contributed by atoms with E-state index in [1.807, 2.05) is 42.6 Å². The minimum atomic E-state index is -0.406. The van der Waals surface area contributed by atoms with Gasteiger partial charge in [-0.2, -0.15) is 4.37 Å². The minimum Gasteiger partial charge on any atom is -0.353 e. The quantitative estimate of drug-likeness (QED) is 0.522. The summed E-state index contributed by atoms with van der Waals surface area (Å²) >= 11 is 7.69. The van der Waals surface area contributed by atoms with Crippen LogP contribution in [0.3, 0.4) is 0 Å². The number of hydrogen-bond acceptors (Lipinski definition) is 8. The molecule has 0 spiro atoms. The van der Waals surface area contributed by atoms with E-state index in [2.05, 4.69) is 25.2 Å². The van der Waals surface area contributed by atoms with E-state index in [1.165, 1.54) is 11.5 Å². The molecule has 32 heavy (non-hydrogen) atoms. The van der Waals surface area contributed by atoms with E-state index in [1.54, 1.807) is 0 Å². The zero-order valence-corrected chi connectivity index (χ0v) is 19.3. The van der Waals surface area contributed by atoms with Crippen LogP contribution in [0.2, 0.25) is 5.02 Å². The van der Waals surface area contributed by atoms with Crippen LogP contribution < -0.4 is 9.80 Å². The lowest BCUT2D eigenvalue weighted by atomic mass is 10.1. The second kappa shape index (κ2) is 10.1. The molecule has 2 unspecified atom stereocenters. The average molecular weight is 472 g/mol. The molecule has 2 fully saturated rings. The van der Waals surface area contributed by atoms with Gasteiger partial charge in [-0.05, 0) is 49.1 Å². The topological polar surface area (TPSA) is 63.6 Å². The number of rotatable bonds is 6. The molecule has 5 rings (SSSR count). The first-order valence-electron chi connectivity index (χ1n) is 11.0. The van der Waals surface area contributed by atoms with Crippen molar-refractivity contribution in [2.45, 2.75) is 31.7 Å². The van der Waals surface area contributed by atoms with Crippen LogP contribution >= 0.6 is 23.1 Å². The second-order valence-electron chi connectivity index (χ2n) is 7.96. The summed E-state index contributed by atoms with van der Waals surface area (Å²) in [4.78, 5) is 13.9.